The summed E-state index contributed by atoms with van der Waals surface area (Å²) in [6, 6.07) is 5.57. The predicted octanol–water partition coefficient (Wildman–Crippen LogP) is 5.15. The number of rotatable bonds is 6. The largest absolute Gasteiger partial charge is 0.494 e. The number of hydrogen-bond donors (Lipinski definition) is 2. The van der Waals surface area contributed by atoms with Crippen molar-refractivity contribution in [3.8, 4) is 17.4 Å². The zero-order valence-electron chi connectivity index (χ0n) is 18.3. The van der Waals surface area contributed by atoms with Crippen molar-refractivity contribution in [3.05, 3.63) is 35.4 Å². The van der Waals surface area contributed by atoms with Gasteiger partial charge in [0.2, 0.25) is 11.8 Å². The van der Waals surface area contributed by atoms with Gasteiger partial charge in [-0.1, -0.05) is 58.3 Å². The van der Waals surface area contributed by atoms with E-state index < -0.39 is 15.5 Å². The molecule has 0 spiro atoms. The van der Waals surface area contributed by atoms with Crippen LogP contribution in [-0.2, 0) is 25.2 Å². The molecule has 1 aromatic carbocycles. The fourth-order valence-electron chi connectivity index (χ4n) is 3.23. The molecule has 0 radical (unpaired) electrons. The van der Waals surface area contributed by atoms with Gasteiger partial charge >= 0.3 is 10.1 Å². The lowest BCUT2D eigenvalue weighted by atomic mass is 9.75. The fraction of sp³-hybridized carbons (Fsp3) is 0.476. The van der Waals surface area contributed by atoms with Gasteiger partial charge in [-0.2, -0.15) is 8.42 Å². The molecule has 0 bridgehead atoms. The zero-order chi connectivity index (χ0) is 23.1. The van der Waals surface area contributed by atoms with E-state index in [9.17, 15) is 18.6 Å². The summed E-state index contributed by atoms with van der Waals surface area (Å²) >= 11 is 5.52. The molecule has 7 nitrogen and oxygen atoms in total. The molecule has 0 unspecified atom stereocenters. The highest BCUT2D eigenvalue weighted by molar-refractivity contribution is 7.86. The summed E-state index contributed by atoms with van der Waals surface area (Å²) in [4.78, 5) is -0.135. The molecule has 2 rings (SSSR count). The van der Waals surface area contributed by atoms with Gasteiger partial charge in [0.05, 0.1) is 5.69 Å². The van der Waals surface area contributed by atoms with Crippen LogP contribution in [-0.4, -0.2) is 28.4 Å². The first-order valence-electron chi connectivity index (χ1n) is 9.55. The first-order valence-corrected chi connectivity index (χ1v) is 11.3. The molecule has 0 fully saturated rings. The predicted molar refractivity (Wildman–Crippen MR) is 118 cm³/mol. The van der Waals surface area contributed by atoms with Crippen molar-refractivity contribution in [2.75, 3.05) is 0 Å². The minimum Gasteiger partial charge on any atom is -0.494 e. The molecule has 0 aliphatic rings. The van der Waals surface area contributed by atoms with Crippen LogP contribution in [0.1, 0.15) is 66.0 Å². The van der Waals surface area contributed by atoms with Gasteiger partial charge in [-0.15, -0.1) is 0 Å². The van der Waals surface area contributed by atoms with Crippen LogP contribution in [0.2, 0.25) is 0 Å². The molecule has 1 aromatic heterocycles. The van der Waals surface area contributed by atoms with Gasteiger partial charge in [0, 0.05) is 11.1 Å². The minimum absolute atomic E-state index is 0.0573. The van der Waals surface area contributed by atoms with Gasteiger partial charge in [-0.25, -0.2) is 0 Å². The Balaban J connectivity index is 2.65. The average molecular weight is 457 g/mol. The molecule has 0 atom stereocenters. The van der Waals surface area contributed by atoms with Gasteiger partial charge in [-0.05, 0) is 48.4 Å². The van der Waals surface area contributed by atoms with E-state index in [1.54, 1.807) is 0 Å². The lowest BCUT2D eigenvalue weighted by molar-refractivity contribution is 0.340. The van der Waals surface area contributed by atoms with Gasteiger partial charge in [0.25, 0.3) is 0 Å². The summed E-state index contributed by atoms with van der Waals surface area (Å²) < 4.78 is 30.2. The summed E-state index contributed by atoms with van der Waals surface area (Å²) in [5, 5.41) is 25.3. The van der Waals surface area contributed by atoms with Crippen LogP contribution in [0.3, 0.4) is 0 Å². The van der Waals surface area contributed by atoms with E-state index in [-0.39, 0.29) is 27.2 Å². The molecule has 0 amide bonds. The van der Waals surface area contributed by atoms with E-state index in [0.29, 0.717) is 16.8 Å². The average Bonchev–Trinajstić information content (AvgIpc) is 2.91. The van der Waals surface area contributed by atoms with Crippen LogP contribution >= 0.6 is 11.6 Å². The number of nitrogens with zero attached hydrogens (tertiary/aromatic N) is 2. The summed E-state index contributed by atoms with van der Waals surface area (Å²) in [5.41, 5.74) is 0.915. The summed E-state index contributed by atoms with van der Waals surface area (Å²) in [5.74, 6) is -0.149. The van der Waals surface area contributed by atoms with Gasteiger partial charge in [0.1, 0.15) is 10.1 Å². The van der Waals surface area contributed by atoms with Crippen molar-refractivity contribution in [1.29, 1.82) is 0 Å². The van der Waals surface area contributed by atoms with Gasteiger partial charge in [0.15, 0.2) is 0 Å². The first-order chi connectivity index (χ1) is 13.6. The Hall–Kier alpha value is -2.19. The van der Waals surface area contributed by atoms with E-state index in [1.807, 2.05) is 41.5 Å². The Bertz CT molecular complexity index is 1060. The highest BCUT2D eigenvalue weighted by Gasteiger charge is 2.37. The van der Waals surface area contributed by atoms with E-state index >= 15 is 0 Å². The monoisotopic (exact) mass is 456 g/mol. The molecular weight excluding hydrogens is 428 g/mol. The molecule has 0 aliphatic carbocycles. The molecule has 0 aliphatic heterocycles. The number of oxime groups is 1. The minimum atomic E-state index is -4.13. The maximum Gasteiger partial charge on any atom is 0.358 e. The normalized spacial score (nSPS) is 13.5. The van der Waals surface area contributed by atoms with Crippen LogP contribution < -0.4 is 0 Å². The van der Waals surface area contributed by atoms with Crippen molar-refractivity contribution in [2.24, 2.45) is 5.16 Å². The molecule has 2 aromatic rings. The Morgan fingerprint density at radius 1 is 1.07 bits per heavy atom. The Labute approximate surface area is 183 Å². The SMILES string of the molecule is CCC(C)(C)c1c(C(C)(C)C)c(O)n(-c2ccc(S(=O)(=O)ON=C(C)Cl)cc2)c1O. The highest BCUT2D eigenvalue weighted by Crippen LogP contribution is 2.49. The van der Waals surface area contributed by atoms with Crippen molar-refractivity contribution >= 4 is 26.9 Å². The lowest BCUT2D eigenvalue weighted by Gasteiger charge is -2.28. The topological polar surface area (TPSA) is 101 Å². The second-order valence-electron chi connectivity index (χ2n) is 8.83. The van der Waals surface area contributed by atoms with E-state index in [1.165, 1.54) is 35.8 Å². The summed E-state index contributed by atoms with van der Waals surface area (Å²) in [6.07, 6.45) is 0.752. The highest BCUT2D eigenvalue weighted by atomic mass is 35.5. The molecular formula is C21H29ClN2O5S. The molecule has 0 saturated heterocycles. The molecule has 166 valence electrons. The molecule has 30 heavy (non-hydrogen) atoms. The first kappa shape index (κ1) is 24.1. The molecule has 9 heteroatoms. The van der Waals surface area contributed by atoms with Gasteiger partial charge < -0.3 is 10.2 Å². The number of halogens is 1. The molecule has 0 saturated carbocycles. The quantitative estimate of drug-likeness (QED) is 0.462. The smallest absolute Gasteiger partial charge is 0.358 e. The second-order valence-corrected chi connectivity index (χ2v) is 10.9. The van der Waals surface area contributed by atoms with E-state index in [2.05, 4.69) is 9.44 Å². The maximum atomic E-state index is 12.2. The Morgan fingerprint density at radius 2 is 1.57 bits per heavy atom. The number of hydrogen-bond acceptors (Lipinski definition) is 6. The Kier molecular flexibility index (Phi) is 6.54. The zero-order valence-corrected chi connectivity index (χ0v) is 19.9. The van der Waals surface area contributed by atoms with Crippen molar-refractivity contribution < 1.29 is 22.9 Å². The molecule has 1 heterocycles. The van der Waals surface area contributed by atoms with Gasteiger partial charge in [-0.3, -0.25) is 8.85 Å². The van der Waals surface area contributed by atoms with Crippen LogP contribution in [0, 0.1) is 0 Å². The molecule has 2 N–H and O–H groups in total. The third kappa shape index (κ3) is 4.59. The number of aromatic hydroxyl groups is 2. The third-order valence-corrected chi connectivity index (χ3v) is 6.27. The lowest BCUT2D eigenvalue weighted by Crippen LogP contribution is -2.22. The summed E-state index contributed by atoms with van der Waals surface area (Å²) in [6.45, 7) is 13.3. The maximum absolute atomic E-state index is 12.2. The van der Waals surface area contributed by atoms with Crippen LogP contribution in [0.25, 0.3) is 5.69 Å². The second kappa shape index (κ2) is 8.15. The summed E-state index contributed by atoms with van der Waals surface area (Å²) in [7, 11) is -4.13. The van der Waals surface area contributed by atoms with Crippen molar-refractivity contribution in [3.63, 3.8) is 0 Å². The standard InChI is InChI=1S/C21H29ClN2O5S/c1-8-21(6,7)17-16(20(3,4)5)18(25)24(19(17)26)14-9-11-15(12-10-14)30(27,28)29-23-13(2)22/h9-12,25-26H,8H2,1-7H3. The fourth-order valence-corrected chi connectivity index (χ4v) is 4.07. The Morgan fingerprint density at radius 3 is 2.00 bits per heavy atom. The van der Waals surface area contributed by atoms with Crippen molar-refractivity contribution in [2.45, 2.75) is 70.6 Å². The van der Waals surface area contributed by atoms with Crippen molar-refractivity contribution in [1.82, 2.24) is 4.57 Å². The van der Waals surface area contributed by atoms with Crippen LogP contribution in [0.4, 0.5) is 0 Å². The van der Waals surface area contributed by atoms with E-state index in [4.69, 9.17) is 11.6 Å². The van der Waals surface area contributed by atoms with Crippen LogP contribution in [0.5, 0.6) is 11.8 Å². The number of aromatic nitrogens is 1. The van der Waals surface area contributed by atoms with Crippen LogP contribution in [0.15, 0.2) is 34.3 Å². The third-order valence-electron chi connectivity index (χ3n) is 5.08. The van der Waals surface area contributed by atoms with E-state index in [0.717, 1.165) is 6.42 Å². The number of benzene rings is 1.